The van der Waals surface area contributed by atoms with Crippen LogP contribution >= 0.6 is 35.6 Å². The fourth-order valence-corrected chi connectivity index (χ4v) is 2.35. The zero-order valence-corrected chi connectivity index (χ0v) is 17.0. The molecular formula is C17H18ClF3IN3O2. The van der Waals surface area contributed by atoms with Crippen LogP contribution in [0.5, 0.6) is 5.75 Å². The summed E-state index contributed by atoms with van der Waals surface area (Å²) in [6, 6.07) is 12.2. The highest BCUT2D eigenvalue weighted by Gasteiger charge is 2.30. The van der Waals surface area contributed by atoms with Gasteiger partial charge in [0.2, 0.25) is 0 Å². The number of nitrogens with zero attached hydrogens (tertiary/aromatic N) is 1. The Morgan fingerprint density at radius 2 is 1.81 bits per heavy atom. The highest BCUT2D eigenvalue weighted by molar-refractivity contribution is 14.0. The number of benzene rings is 2. The average molecular weight is 516 g/mol. The molecule has 10 heteroatoms. The van der Waals surface area contributed by atoms with Gasteiger partial charge in [-0.3, -0.25) is 0 Å². The Labute approximate surface area is 176 Å². The molecule has 0 spiro atoms. The van der Waals surface area contributed by atoms with Crippen LogP contribution in [0.1, 0.15) is 17.2 Å². The minimum Gasteiger partial charge on any atom is -0.406 e. The second-order valence-electron chi connectivity index (χ2n) is 5.31. The van der Waals surface area contributed by atoms with Crippen LogP contribution in [0.15, 0.2) is 53.5 Å². The van der Waals surface area contributed by atoms with Gasteiger partial charge in [-0.15, -0.1) is 37.1 Å². The lowest BCUT2D eigenvalue weighted by Gasteiger charge is -2.14. The maximum Gasteiger partial charge on any atom is 0.573 e. The van der Waals surface area contributed by atoms with Crippen molar-refractivity contribution in [3.63, 3.8) is 0 Å². The summed E-state index contributed by atoms with van der Waals surface area (Å²) in [5, 5.41) is 13.3. The number of hydrogen-bond donors (Lipinski definition) is 3. The van der Waals surface area contributed by atoms with Crippen molar-refractivity contribution in [3.05, 3.63) is 64.7 Å². The van der Waals surface area contributed by atoms with E-state index in [1.165, 1.54) is 24.3 Å². The molecule has 2 aromatic rings. The first-order valence-corrected chi connectivity index (χ1v) is 7.93. The number of halogens is 5. The molecule has 4 N–H and O–H groups in total. The van der Waals surface area contributed by atoms with Crippen molar-refractivity contribution in [3.8, 4) is 5.75 Å². The fourth-order valence-electron chi connectivity index (χ4n) is 2.09. The molecule has 0 saturated carbocycles. The van der Waals surface area contributed by atoms with Gasteiger partial charge in [-0.25, -0.2) is 4.99 Å². The Morgan fingerprint density at radius 1 is 1.19 bits per heavy atom. The number of aliphatic hydroxyl groups is 1. The molecule has 0 fully saturated rings. The number of nitrogens with one attached hydrogen (secondary N) is 1. The summed E-state index contributed by atoms with van der Waals surface area (Å²) in [5.74, 6) is -0.217. The van der Waals surface area contributed by atoms with Gasteiger partial charge in [-0.05, 0) is 23.8 Å². The van der Waals surface area contributed by atoms with E-state index in [2.05, 4.69) is 15.0 Å². The van der Waals surface area contributed by atoms with Crippen LogP contribution in [-0.2, 0) is 6.54 Å². The zero-order chi connectivity index (χ0) is 19.2. The van der Waals surface area contributed by atoms with Gasteiger partial charge in [-0.1, -0.05) is 41.9 Å². The second-order valence-corrected chi connectivity index (χ2v) is 5.72. The highest BCUT2D eigenvalue weighted by atomic mass is 127. The Morgan fingerprint density at radius 3 is 2.41 bits per heavy atom. The lowest BCUT2D eigenvalue weighted by Crippen LogP contribution is -2.35. The summed E-state index contributed by atoms with van der Waals surface area (Å²) in [6.45, 7) is 0.269. The standard InChI is InChI=1S/C17H17ClF3N3O2.HI/c18-14-4-2-1-3-13(14)15(25)10-24-16(22)23-9-11-5-7-12(8-6-11)26-17(19,20)21;/h1-8,15,25H,9-10H2,(H3,22,23,24);1H. The van der Waals surface area contributed by atoms with E-state index in [4.69, 9.17) is 17.3 Å². The molecule has 1 unspecified atom stereocenters. The Bertz CT molecular complexity index is 758. The number of guanidine groups is 1. The van der Waals surface area contributed by atoms with E-state index < -0.39 is 12.5 Å². The van der Waals surface area contributed by atoms with Crippen LogP contribution in [0, 0.1) is 0 Å². The van der Waals surface area contributed by atoms with E-state index in [1.54, 1.807) is 24.3 Å². The van der Waals surface area contributed by atoms with Crippen LogP contribution in [0.3, 0.4) is 0 Å². The Kier molecular flexibility index (Phi) is 9.13. The van der Waals surface area contributed by atoms with Crippen molar-refractivity contribution >= 4 is 41.5 Å². The molecule has 0 radical (unpaired) electrons. The van der Waals surface area contributed by atoms with Gasteiger partial charge in [0.1, 0.15) is 5.75 Å². The normalized spacial score (nSPS) is 12.9. The molecule has 0 bridgehead atoms. The molecule has 0 aliphatic carbocycles. The first-order chi connectivity index (χ1) is 12.2. The van der Waals surface area contributed by atoms with Crippen LogP contribution in [0.4, 0.5) is 13.2 Å². The van der Waals surface area contributed by atoms with Crippen molar-refractivity contribution in [2.24, 2.45) is 10.7 Å². The lowest BCUT2D eigenvalue weighted by molar-refractivity contribution is -0.274. The van der Waals surface area contributed by atoms with Crippen molar-refractivity contribution in [1.82, 2.24) is 5.32 Å². The first kappa shape index (κ1) is 23.3. The number of rotatable bonds is 6. The SMILES string of the molecule is I.NC(=NCc1ccc(OC(F)(F)F)cc1)NCC(O)c1ccccc1Cl. The molecule has 0 aromatic heterocycles. The summed E-state index contributed by atoms with van der Waals surface area (Å²) in [7, 11) is 0. The number of nitrogens with two attached hydrogens (primary N) is 1. The summed E-state index contributed by atoms with van der Waals surface area (Å²) < 4.78 is 40.1. The molecule has 0 aliphatic heterocycles. The van der Waals surface area contributed by atoms with Crippen LogP contribution in [0.2, 0.25) is 5.02 Å². The van der Waals surface area contributed by atoms with Crippen molar-refractivity contribution in [2.75, 3.05) is 6.54 Å². The van der Waals surface area contributed by atoms with Crippen LogP contribution in [-0.4, -0.2) is 24.0 Å². The van der Waals surface area contributed by atoms with Crippen molar-refractivity contribution in [2.45, 2.75) is 19.0 Å². The smallest absolute Gasteiger partial charge is 0.406 e. The molecule has 2 aromatic carbocycles. The summed E-state index contributed by atoms with van der Waals surface area (Å²) in [4.78, 5) is 4.06. The minimum absolute atomic E-state index is 0. The third-order valence-electron chi connectivity index (χ3n) is 3.33. The molecule has 5 nitrogen and oxygen atoms in total. The van der Waals surface area contributed by atoms with Gasteiger partial charge in [0.05, 0.1) is 12.6 Å². The highest BCUT2D eigenvalue weighted by Crippen LogP contribution is 2.23. The van der Waals surface area contributed by atoms with E-state index in [0.717, 1.165) is 0 Å². The third-order valence-corrected chi connectivity index (χ3v) is 3.67. The third kappa shape index (κ3) is 8.22. The summed E-state index contributed by atoms with van der Waals surface area (Å²) in [6.07, 6.45) is -5.59. The predicted octanol–water partition coefficient (Wildman–Crippen LogP) is 3.99. The van der Waals surface area contributed by atoms with Gasteiger partial charge in [0, 0.05) is 17.1 Å². The van der Waals surface area contributed by atoms with Gasteiger partial charge < -0.3 is 20.9 Å². The van der Waals surface area contributed by atoms with E-state index >= 15 is 0 Å². The number of hydrogen-bond acceptors (Lipinski definition) is 3. The predicted molar refractivity (Wildman–Crippen MR) is 108 cm³/mol. The lowest BCUT2D eigenvalue weighted by atomic mass is 10.1. The maximum absolute atomic E-state index is 12.1. The number of ether oxygens (including phenoxy) is 1. The monoisotopic (exact) mass is 515 g/mol. The molecule has 0 amide bonds. The Balaban J connectivity index is 0.00000364. The second kappa shape index (κ2) is 10.6. The largest absolute Gasteiger partial charge is 0.573 e. The van der Waals surface area contributed by atoms with Gasteiger partial charge in [-0.2, -0.15) is 0 Å². The minimum atomic E-state index is -4.73. The van der Waals surface area contributed by atoms with Crippen molar-refractivity contribution in [1.29, 1.82) is 0 Å². The van der Waals surface area contributed by atoms with E-state index in [1.807, 2.05) is 0 Å². The number of aliphatic imine (C=N–C) groups is 1. The number of alkyl halides is 3. The molecular weight excluding hydrogens is 498 g/mol. The van der Waals surface area contributed by atoms with Gasteiger partial charge in [0.15, 0.2) is 5.96 Å². The van der Waals surface area contributed by atoms with Crippen LogP contribution < -0.4 is 15.8 Å². The molecule has 2 rings (SSSR count). The Hall–Kier alpha value is -1.72. The summed E-state index contributed by atoms with van der Waals surface area (Å²) >= 11 is 6.00. The quantitative estimate of drug-likeness (QED) is 0.309. The molecule has 0 heterocycles. The topological polar surface area (TPSA) is 79.9 Å². The zero-order valence-electron chi connectivity index (χ0n) is 13.9. The molecule has 27 heavy (non-hydrogen) atoms. The maximum atomic E-state index is 12.1. The fraction of sp³-hybridized carbons (Fsp3) is 0.235. The van der Waals surface area contributed by atoms with Gasteiger partial charge in [0.25, 0.3) is 0 Å². The van der Waals surface area contributed by atoms with E-state index in [0.29, 0.717) is 16.1 Å². The first-order valence-electron chi connectivity index (χ1n) is 7.55. The molecule has 148 valence electrons. The average Bonchev–Trinajstić information content (AvgIpc) is 2.58. The van der Waals surface area contributed by atoms with Crippen molar-refractivity contribution < 1.29 is 23.0 Å². The molecule has 1 atom stereocenters. The van der Waals surface area contributed by atoms with E-state index in [9.17, 15) is 18.3 Å². The molecule has 0 saturated heterocycles. The van der Waals surface area contributed by atoms with Crippen LogP contribution in [0.25, 0.3) is 0 Å². The van der Waals surface area contributed by atoms with E-state index in [-0.39, 0.29) is 48.8 Å². The summed E-state index contributed by atoms with van der Waals surface area (Å²) in [5.41, 5.74) is 6.93. The molecule has 0 aliphatic rings. The van der Waals surface area contributed by atoms with Gasteiger partial charge >= 0.3 is 6.36 Å². The number of aliphatic hydroxyl groups excluding tert-OH is 1.